The van der Waals surface area contributed by atoms with E-state index in [2.05, 4.69) is 7.05 Å². The Hall–Kier alpha value is -1.68. The van der Waals surface area contributed by atoms with Crippen LogP contribution in [0.3, 0.4) is 0 Å². The maximum atomic E-state index is 12.6. The fourth-order valence-corrected chi connectivity index (χ4v) is 4.43. The van der Waals surface area contributed by atoms with Crippen molar-refractivity contribution in [3.63, 3.8) is 0 Å². The Morgan fingerprint density at radius 1 is 1.12 bits per heavy atom. The number of carbonyl (C=O) groups is 1. The van der Waals surface area contributed by atoms with Crippen molar-refractivity contribution in [2.24, 2.45) is 0 Å². The van der Waals surface area contributed by atoms with E-state index < -0.39 is 10.0 Å². The summed E-state index contributed by atoms with van der Waals surface area (Å²) >= 11 is 0. The number of hydrogen-bond donors (Lipinski definition) is 1. The molecule has 144 valence electrons. The van der Waals surface area contributed by atoms with Crippen molar-refractivity contribution in [2.75, 3.05) is 66.1 Å². The zero-order valence-electron chi connectivity index (χ0n) is 15.0. The Kier molecular flexibility index (Phi) is 6.13. The highest BCUT2D eigenvalue weighted by atomic mass is 32.2. The lowest BCUT2D eigenvalue weighted by Crippen LogP contribution is -3.12. The molecule has 2 saturated heterocycles. The molecule has 1 aromatic rings. The predicted molar refractivity (Wildman–Crippen MR) is 94.7 cm³/mol. The molecular formula is C17H26N3O5S+. The van der Waals surface area contributed by atoms with Gasteiger partial charge in [-0.2, -0.15) is 4.31 Å². The molecule has 8 nitrogen and oxygen atoms in total. The first-order chi connectivity index (χ1) is 12.5. The monoisotopic (exact) mass is 384 g/mol. The van der Waals surface area contributed by atoms with Gasteiger partial charge < -0.3 is 19.3 Å². The molecule has 2 aliphatic rings. The number of morpholine rings is 1. The van der Waals surface area contributed by atoms with Crippen LogP contribution >= 0.6 is 0 Å². The Bertz CT molecular complexity index is 708. The number of amides is 1. The Morgan fingerprint density at radius 2 is 1.73 bits per heavy atom. The second-order valence-corrected chi connectivity index (χ2v) is 8.55. The van der Waals surface area contributed by atoms with Crippen LogP contribution in [0.4, 0.5) is 0 Å². The number of nitrogens with zero attached hydrogens (tertiary/aromatic N) is 2. The van der Waals surface area contributed by atoms with Crippen LogP contribution < -0.4 is 9.64 Å². The fraction of sp³-hybridized carbons (Fsp3) is 0.588. The highest BCUT2D eigenvalue weighted by Gasteiger charge is 2.26. The van der Waals surface area contributed by atoms with Crippen molar-refractivity contribution in [1.82, 2.24) is 9.21 Å². The van der Waals surface area contributed by atoms with Crippen LogP contribution in [0.2, 0.25) is 0 Å². The fourth-order valence-electron chi connectivity index (χ4n) is 3.02. The van der Waals surface area contributed by atoms with E-state index in [1.54, 1.807) is 12.1 Å². The van der Waals surface area contributed by atoms with Crippen molar-refractivity contribution >= 4 is 15.9 Å². The van der Waals surface area contributed by atoms with Gasteiger partial charge in [0.05, 0.1) is 51.3 Å². The summed E-state index contributed by atoms with van der Waals surface area (Å²) in [7, 11) is -1.40. The predicted octanol–water partition coefficient (Wildman–Crippen LogP) is -1.56. The van der Waals surface area contributed by atoms with Gasteiger partial charge in [-0.15, -0.1) is 0 Å². The van der Waals surface area contributed by atoms with Gasteiger partial charge in [-0.3, -0.25) is 4.79 Å². The molecule has 0 radical (unpaired) electrons. The van der Waals surface area contributed by atoms with Gasteiger partial charge in [0.1, 0.15) is 5.75 Å². The molecule has 1 aromatic carbocycles. The van der Waals surface area contributed by atoms with Gasteiger partial charge in [0, 0.05) is 13.1 Å². The average Bonchev–Trinajstić information content (AvgIpc) is 2.67. The first-order valence-electron chi connectivity index (χ1n) is 8.86. The summed E-state index contributed by atoms with van der Waals surface area (Å²) in [5, 5.41) is 0. The molecule has 9 heteroatoms. The van der Waals surface area contributed by atoms with Gasteiger partial charge in [-0.25, -0.2) is 8.42 Å². The summed E-state index contributed by atoms with van der Waals surface area (Å²) in [5.41, 5.74) is 0. The molecule has 2 heterocycles. The molecule has 26 heavy (non-hydrogen) atoms. The molecule has 1 amide bonds. The number of sulfonamides is 1. The zero-order valence-corrected chi connectivity index (χ0v) is 15.8. The maximum Gasteiger partial charge on any atom is 0.260 e. The molecule has 2 fully saturated rings. The zero-order chi connectivity index (χ0) is 18.6. The Labute approximate surface area is 154 Å². The number of ether oxygens (including phenoxy) is 2. The normalized spacial score (nSPS) is 20.1. The van der Waals surface area contributed by atoms with E-state index in [1.165, 1.54) is 21.3 Å². The average molecular weight is 384 g/mol. The number of hydrogen-bond acceptors (Lipinski definition) is 5. The number of nitrogens with one attached hydrogen (secondary N) is 1. The summed E-state index contributed by atoms with van der Waals surface area (Å²) < 4.78 is 37.3. The van der Waals surface area contributed by atoms with Gasteiger partial charge in [0.25, 0.3) is 5.91 Å². The number of rotatable bonds is 5. The topological polar surface area (TPSA) is 80.6 Å². The lowest BCUT2D eigenvalue weighted by molar-refractivity contribution is -0.883. The van der Waals surface area contributed by atoms with Gasteiger partial charge in [-0.1, -0.05) is 0 Å². The third kappa shape index (κ3) is 4.53. The lowest BCUT2D eigenvalue weighted by atomic mass is 10.3. The molecule has 0 aromatic heterocycles. The van der Waals surface area contributed by atoms with E-state index in [0.717, 1.165) is 26.2 Å². The van der Waals surface area contributed by atoms with Crippen molar-refractivity contribution < 1.29 is 27.6 Å². The van der Waals surface area contributed by atoms with Crippen LogP contribution in [0.1, 0.15) is 0 Å². The molecule has 0 spiro atoms. The molecule has 1 N–H and O–H groups in total. The van der Waals surface area contributed by atoms with Gasteiger partial charge >= 0.3 is 0 Å². The maximum absolute atomic E-state index is 12.6. The third-order valence-electron chi connectivity index (χ3n) is 4.76. The second kappa shape index (κ2) is 8.34. The van der Waals surface area contributed by atoms with Crippen LogP contribution in [0, 0.1) is 0 Å². The van der Waals surface area contributed by atoms with Gasteiger partial charge in [0.15, 0.2) is 6.61 Å². The lowest BCUT2D eigenvalue weighted by Gasteiger charge is -2.30. The first-order valence-corrected chi connectivity index (χ1v) is 10.3. The van der Waals surface area contributed by atoms with E-state index in [1.807, 2.05) is 4.90 Å². The molecule has 0 unspecified atom stereocenters. The van der Waals surface area contributed by atoms with Gasteiger partial charge in [0.2, 0.25) is 10.0 Å². The van der Waals surface area contributed by atoms with Gasteiger partial charge in [-0.05, 0) is 24.3 Å². The standard InChI is InChI=1S/C17H25N3O5S/c1-18-6-8-19(9-7-18)17(21)14-25-15-2-4-16(5-3-15)26(22,23)20-10-12-24-13-11-20/h2-5H,6-14H2,1H3/p+1. The number of likely N-dealkylation sites (N-methyl/N-ethyl adjacent to an activating group) is 1. The summed E-state index contributed by atoms with van der Waals surface area (Å²) in [6, 6.07) is 6.22. The SMILES string of the molecule is C[NH+]1CCN(C(=O)COc2ccc(S(=O)(=O)N3CCOCC3)cc2)CC1. The minimum atomic E-state index is -3.51. The summed E-state index contributed by atoms with van der Waals surface area (Å²) in [6.07, 6.45) is 0. The minimum Gasteiger partial charge on any atom is -0.484 e. The highest BCUT2D eigenvalue weighted by molar-refractivity contribution is 7.89. The number of benzene rings is 1. The Morgan fingerprint density at radius 3 is 2.35 bits per heavy atom. The third-order valence-corrected chi connectivity index (χ3v) is 6.68. The first kappa shape index (κ1) is 19.1. The quantitative estimate of drug-likeness (QED) is 0.664. The number of piperazine rings is 1. The smallest absolute Gasteiger partial charge is 0.260 e. The van der Waals surface area contributed by atoms with Crippen molar-refractivity contribution in [2.45, 2.75) is 4.90 Å². The summed E-state index contributed by atoms with van der Waals surface area (Å²) in [5.74, 6) is 0.446. The van der Waals surface area contributed by atoms with E-state index in [-0.39, 0.29) is 17.4 Å². The van der Waals surface area contributed by atoms with E-state index >= 15 is 0 Å². The van der Waals surface area contributed by atoms with Crippen molar-refractivity contribution in [3.05, 3.63) is 24.3 Å². The Balaban J connectivity index is 1.55. The van der Waals surface area contributed by atoms with Crippen molar-refractivity contribution in [1.29, 1.82) is 0 Å². The van der Waals surface area contributed by atoms with Crippen LogP contribution in [0.25, 0.3) is 0 Å². The molecule has 2 aliphatic heterocycles. The van der Waals surface area contributed by atoms with E-state index in [4.69, 9.17) is 9.47 Å². The molecule has 0 atom stereocenters. The van der Waals surface area contributed by atoms with Crippen LogP contribution in [-0.2, 0) is 19.6 Å². The molecule has 3 rings (SSSR count). The van der Waals surface area contributed by atoms with Crippen molar-refractivity contribution in [3.8, 4) is 5.75 Å². The molecule has 0 bridgehead atoms. The second-order valence-electron chi connectivity index (χ2n) is 6.61. The highest BCUT2D eigenvalue weighted by Crippen LogP contribution is 2.20. The van der Waals surface area contributed by atoms with Crippen LogP contribution in [0.5, 0.6) is 5.75 Å². The molecular weight excluding hydrogens is 358 g/mol. The summed E-state index contributed by atoms with van der Waals surface area (Å²) in [4.78, 5) is 15.6. The van der Waals surface area contributed by atoms with E-state index in [0.29, 0.717) is 32.1 Å². The largest absolute Gasteiger partial charge is 0.484 e. The van der Waals surface area contributed by atoms with Crippen LogP contribution in [0.15, 0.2) is 29.2 Å². The number of carbonyl (C=O) groups excluding carboxylic acids is 1. The molecule has 0 saturated carbocycles. The summed E-state index contributed by atoms with van der Waals surface area (Å²) in [6.45, 7) is 4.89. The minimum absolute atomic E-state index is 0.0331. The van der Waals surface area contributed by atoms with E-state index in [9.17, 15) is 13.2 Å². The number of quaternary nitrogens is 1. The molecule has 0 aliphatic carbocycles. The van der Waals surface area contributed by atoms with Crippen LogP contribution in [-0.4, -0.2) is 89.7 Å².